The van der Waals surface area contributed by atoms with Crippen LogP contribution in [-0.2, 0) is 13.6 Å². The van der Waals surface area contributed by atoms with Gasteiger partial charge in [0.2, 0.25) is 0 Å². The van der Waals surface area contributed by atoms with Crippen LogP contribution in [-0.4, -0.2) is 42.3 Å². The number of nitrogens with one attached hydrogen (secondary N) is 1. The Hall–Kier alpha value is -4.71. The maximum Gasteiger partial charge on any atom is 0.259 e. The summed E-state index contributed by atoms with van der Waals surface area (Å²) in [5.41, 5.74) is 3.90. The van der Waals surface area contributed by atoms with E-state index in [1.54, 1.807) is 21.3 Å². The lowest BCUT2D eigenvalue weighted by atomic mass is 9.96. The molecule has 2 amide bonds. The fourth-order valence-corrected chi connectivity index (χ4v) is 5.58. The number of nitrogens with zero attached hydrogens (tertiary/aromatic N) is 3. The molecule has 2 aromatic heterocycles. The molecule has 1 N–H and O–H groups in total. The number of methoxy groups -OCH3 is 3. The van der Waals surface area contributed by atoms with Gasteiger partial charge in [0, 0.05) is 46.7 Å². The number of fused-ring (bicyclic) bond motifs is 10. The van der Waals surface area contributed by atoms with Crippen molar-refractivity contribution in [2.45, 2.75) is 13.0 Å². The first-order valence-electron chi connectivity index (χ1n) is 11.4. The molecule has 1 aliphatic heterocycles. The molecule has 0 radical (unpaired) electrons. The predicted octanol–water partition coefficient (Wildman–Crippen LogP) is 4.26. The number of carbonyl (C=O) groups is 2. The van der Waals surface area contributed by atoms with Crippen molar-refractivity contribution in [2.24, 2.45) is 7.05 Å². The zero-order valence-electron chi connectivity index (χ0n) is 20.2. The number of ether oxygens (including phenoxy) is 3. The highest BCUT2D eigenvalue weighted by Crippen LogP contribution is 2.47. The van der Waals surface area contributed by atoms with Crippen LogP contribution in [0.25, 0.3) is 43.6 Å². The minimum absolute atomic E-state index is 0.259. The van der Waals surface area contributed by atoms with Gasteiger partial charge >= 0.3 is 0 Å². The van der Waals surface area contributed by atoms with E-state index in [0.29, 0.717) is 45.7 Å². The first-order valence-corrected chi connectivity index (χ1v) is 11.4. The highest BCUT2D eigenvalue weighted by atomic mass is 16.5. The van der Waals surface area contributed by atoms with Crippen LogP contribution in [0.2, 0.25) is 0 Å². The van der Waals surface area contributed by atoms with Gasteiger partial charge in [0.1, 0.15) is 5.75 Å². The van der Waals surface area contributed by atoms with Crippen LogP contribution in [0.15, 0.2) is 30.3 Å². The molecule has 1 aliphatic rings. The summed E-state index contributed by atoms with van der Waals surface area (Å²) in [5, 5.41) is 14.8. The van der Waals surface area contributed by atoms with E-state index in [1.165, 1.54) is 0 Å². The van der Waals surface area contributed by atoms with Gasteiger partial charge in [-0.1, -0.05) is 0 Å². The summed E-state index contributed by atoms with van der Waals surface area (Å²) in [4.78, 5) is 26.5. The van der Waals surface area contributed by atoms with Crippen LogP contribution in [0.3, 0.4) is 0 Å². The van der Waals surface area contributed by atoms with E-state index < -0.39 is 11.8 Å². The number of aromatic nitrogens is 2. The van der Waals surface area contributed by atoms with E-state index in [-0.39, 0.29) is 6.42 Å². The van der Waals surface area contributed by atoms with E-state index >= 15 is 0 Å². The second-order valence-corrected chi connectivity index (χ2v) is 8.71. The van der Waals surface area contributed by atoms with Gasteiger partial charge in [-0.2, -0.15) is 5.26 Å². The van der Waals surface area contributed by atoms with Gasteiger partial charge in [-0.05, 0) is 24.3 Å². The minimum atomic E-state index is -0.448. The molecule has 0 saturated heterocycles. The van der Waals surface area contributed by atoms with Gasteiger partial charge < -0.3 is 23.3 Å². The molecule has 0 unspecified atom stereocenters. The van der Waals surface area contributed by atoms with Gasteiger partial charge in [-0.3, -0.25) is 14.9 Å². The minimum Gasteiger partial charge on any atom is -0.497 e. The van der Waals surface area contributed by atoms with E-state index in [9.17, 15) is 14.9 Å². The van der Waals surface area contributed by atoms with Crippen molar-refractivity contribution in [1.29, 1.82) is 5.26 Å². The third-order valence-corrected chi connectivity index (χ3v) is 7.08. The number of rotatable bonds is 5. The molecule has 0 fully saturated rings. The first kappa shape index (κ1) is 21.8. The van der Waals surface area contributed by atoms with Gasteiger partial charge in [-0.25, -0.2) is 0 Å². The molecule has 0 bridgehead atoms. The third kappa shape index (κ3) is 2.64. The van der Waals surface area contributed by atoms with Gasteiger partial charge in [0.25, 0.3) is 11.8 Å². The maximum atomic E-state index is 13.3. The summed E-state index contributed by atoms with van der Waals surface area (Å²) >= 11 is 0. The number of amides is 2. The zero-order chi connectivity index (χ0) is 25.3. The molecule has 0 atom stereocenters. The Morgan fingerprint density at radius 1 is 0.861 bits per heavy atom. The molecule has 180 valence electrons. The van der Waals surface area contributed by atoms with E-state index in [1.807, 2.05) is 46.5 Å². The Labute approximate surface area is 205 Å². The van der Waals surface area contributed by atoms with Gasteiger partial charge in [0.15, 0.2) is 11.5 Å². The second kappa shape index (κ2) is 7.65. The Kier molecular flexibility index (Phi) is 4.63. The van der Waals surface area contributed by atoms with Crippen molar-refractivity contribution in [3.8, 4) is 23.3 Å². The standard InChI is InChI=1S/C27H22N4O5/c1-30-16-7-6-13(34-2)10-14(16)20-22-23(27(33)29-26(22)32)21-15-11-18(35-3)19(36-4)12-17(15)31(9-5-8-28)25(21)24(20)30/h6-7,10-12H,5,9H2,1-4H3,(H,29,32,33). The number of aryl methyl sites for hydroxylation is 2. The highest BCUT2D eigenvalue weighted by molar-refractivity contribution is 6.39. The Morgan fingerprint density at radius 2 is 1.50 bits per heavy atom. The van der Waals surface area contributed by atoms with Crippen LogP contribution in [0.4, 0.5) is 0 Å². The largest absolute Gasteiger partial charge is 0.497 e. The van der Waals surface area contributed by atoms with E-state index in [2.05, 4.69) is 11.4 Å². The van der Waals surface area contributed by atoms with Crippen LogP contribution in [0.5, 0.6) is 17.2 Å². The SMILES string of the molecule is COc1ccc2c(c1)c1c3c(c4c5cc(OC)c(OC)cc5n(CCC#N)c4c1n2C)C(=O)NC3=O. The number of carbonyl (C=O) groups excluding carboxylic acids is 2. The lowest BCUT2D eigenvalue weighted by molar-refractivity contribution is 0.0880. The van der Waals surface area contributed by atoms with Gasteiger partial charge in [0.05, 0.1) is 61.5 Å². The van der Waals surface area contributed by atoms with E-state index in [0.717, 1.165) is 32.8 Å². The van der Waals surface area contributed by atoms with Crippen molar-refractivity contribution in [2.75, 3.05) is 21.3 Å². The fourth-order valence-electron chi connectivity index (χ4n) is 5.58. The lowest BCUT2D eigenvalue weighted by Crippen LogP contribution is -2.20. The van der Waals surface area contributed by atoms with E-state index in [4.69, 9.17) is 14.2 Å². The number of nitriles is 1. The quantitative estimate of drug-likeness (QED) is 0.375. The molecule has 5 aromatic rings. The number of hydrogen-bond acceptors (Lipinski definition) is 6. The lowest BCUT2D eigenvalue weighted by Gasteiger charge is -2.10. The van der Waals surface area contributed by atoms with Crippen LogP contribution in [0.1, 0.15) is 27.1 Å². The molecule has 3 aromatic carbocycles. The summed E-state index contributed by atoms with van der Waals surface area (Å²) < 4.78 is 20.6. The van der Waals surface area contributed by atoms with Crippen LogP contribution >= 0.6 is 0 Å². The first-order chi connectivity index (χ1) is 17.4. The molecule has 0 spiro atoms. The molecule has 6 rings (SSSR count). The molecule has 36 heavy (non-hydrogen) atoms. The van der Waals surface area contributed by atoms with Crippen LogP contribution in [0, 0.1) is 11.3 Å². The Morgan fingerprint density at radius 3 is 2.14 bits per heavy atom. The Bertz CT molecular complexity index is 1840. The smallest absolute Gasteiger partial charge is 0.259 e. The molecule has 9 nitrogen and oxygen atoms in total. The molecule has 0 saturated carbocycles. The molecule has 0 aliphatic carbocycles. The van der Waals surface area contributed by atoms with Crippen molar-refractivity contribution < 1.29 is 23.8 Å². The number of imide groups is 1. The maximum absolute atomic E-state index is 13.3. The topological polar surface area (TPSA) is 108 Å². The number of hydrogen-bond donors (Lipinski definition) is 1. The highest BCUT2D eigenvalue weighted by Gasteiger charge is 2.36. The second-order valence-electron chi connectivity index (χ2n) is 8.71. The zero-order valence-corrected chi connectivity index (χ0v) is 20.2. The molecular weight excluding hydrogens is 460 g/mol. The molecular formula is C27H22N4O5. The normalized spacial score (nSPS) is 13.0. The average molecular weight is 482 g/mol. The number of benzene rings is 3. The average Bonchev–Trinajstić information content (AvgIpc) is 3.47. The fraction of sp³-hybridized carbons (Fsp3) is 0.222. The molecule has 3 heterocycles. The molecule has 9 heteroatoms. The monoisotopic (exact) mass is 482 g/mol. The Balaban J connectivity index is 1.96. The van der Waals surface area contributed by atoms with Crippen molar-refractivity contribution in [3.63, 3.8) is 0 Å². The summed E-state index contributed by atoms with van der Waals surface area (Å²) in [6, 6.07) is 11.6. The summed E-state index contributed by atoms with van der Waals surface area (Å²) in [6.45, 7) is 0.389. The summed E-state index contributed by atoms with van der Waals surface area (Å²) in [5.74, 6) is 0.797. The van der Waals surface area contributed by atoms with Gasteiger partial charge in [-0.15, -0.1) is 0 Å². The van der Waals surface area contributed by atoms with Crippen molar-refractivity contribution in [3.05, 3.63) is 41.5 Å². The third-order valence-electron chi connectivity index (χ3n) is 7.08. The van der Waals surface area contributed by atoms with Crippen LogP contribution < -0.4 is 19.5 Å². The van der Waals surface area contributed by atoms with Crippen molar-refractivity contribution in [1.82, 2.24) is 14.5 Å². The van der Waals surface area contributed by atoms with Crippen molar-refractivity contribution >= 4 is 55.4 Å². The predicted molar refractivity (Wildman–Crippen MR) is 135 cm³/mol. The summed E-state index contributed by atoms with van der Waals surface area (Å²) in [7, 11) is 6.64. The summed E-state index contributed by atoms with van der Waals surface area (Å²) in [6.07, 6.45) is 0.259.